The summed E-state index contributed by atoms with van der Waals surface area (Å²) >= 11 is 0. The smallest absolute Gasteiger partial charge is 0.00735 e. The molecule has 0 fully saturated rings. The van der Waals surface area contributed by atoms with E-state index in [0.717, 1.165) is 19.3 Å². The molecule has 5 aromatic carbocycles. The van der Waals surface area contributed by atoms with Crippen molar-refractivity contribution >= 4 is 44.5 Å². The van der Waals surface area contributed by atoms with Crippen LogP contribution in [0.4, 0.5) is 0 Å². The predicted octanol–water partition coefficient (Wildman–Crippen LogP) is 6.85. The molecule has 1 atom stereocenters. The van der Waals surface area contributed by atoms with Crippen LogP contribution in [0.15, 0.2) is 54.6 Å². The maximum absolute atomic E-state index is 2.50. The molecule has 0 bridgehead atoms. The van der Waals surface area contributed by atoms with Crippen LogP contribution in [0.25, 0.3) is 55.6 Å². The summed E-state index contributed by atoms with van der Waals surface area (Å²) in [5.74, 6) is 0.430. The van der Waals surface area contributed by atoms with E-state index in [1.807, 2.05) is 0 Å². The highest BCUT2D eigenvalue weighted by atomic mass is 14.3. The van der Waals surface area contributed by atoms with Gasteiger partial charge in [0, 0.05) is 5.92 Å². The lowest BCUT2D eigenvalue weighted by Gasteiger charge is -2.30. The van der Waals surface area contributed by atoms with Crippen molar-refractivity contribution in [3.05, 3.63) is 92.9 Å². The molecule has 0 saturated heterocycles. The number of benzene rings is 5. The molecule has 152 valence electrons. The summed E-state index contributed by atoms with van der Waals surface area (Å²) in [4.78, 5) is 0. The largest absolute Gasteiger partial charge is 0.0761 e. The molecular formula is C32H24. The summed E-state index contributed by atoms with van der Waals surface area (Å²) in [6, 6.07) is 21.1. The third kappa shape index (κ3) is 1.87. The molecule has 0 N–H and O–H groups in total. The Kier molecular flexibility index (Phi) is 3.06. The summed E-state index contributed by atoms with van der Waals surface area (Å²) in [5, 5.41) is 11.9. The average Bonchev–Trinajstić information content (AvgIpc) is 2.85. The Hall–Kier alpha value is -3.38. The Balaban J connectivity index is 1.69. The van der Waals surface area contributed by atoms with Gasteiger partial charge in [0.15, 0.2) is 0 Å². The van der Waals surface area contributed by atoms with Gasteiger partial charge < -0.3 is 0 Å². The minimum absolute atomic E-state index is 0.430. The van der Waals surface area contributed by atoms with Crippen LogP contribution in [0.2, 0.25) is 0 Å². The number of hydrogen-bond donors (Lipinski definition) is 0. The Bertz CT molecular complexity index is 1810. The van der Waals surface area contributed by atoms with E-state index in [9.17, 15) is 0 Å². The molecule has 0 aliphatic heterocycles. The Morgan fingerprint density at radius 1 is 0.719 bits per heavy atom. The predicted molar refractivity (Wildman–Crippen MR) is 137 cm³/mol. The fraction of sp³-hybridized carbons (Fsp3) is 0.188. The van der Waals surface area contributed by atoms with Gasteiger partial charge in [0.05, 0.1) is 0 Å². The maximum Gasteiger partial charge on any atom is 0.00735 e. The second-order valence-corrected chi connectivity index (χ2v) is 9.98. The van der Waals surface area contributed by atoms with E-state index < -0.39 is 0 Å². The van der Waals surface area contributed by atoms with Crippen LogP contribution in [0.3, 0.4) is 0 Å². The summed E-state index contributed by atoms with van der Waals surface area (Å²) < 4.78 is 0. The molecule has 0 aromatic heterocycles. The van der Waals surface area contributed by atoms with Crippen molar-refractivity contribution in [3.63, 3.8) is 0 Å². The first kappa shape index (κ1) is 17.2. The highest BCUT2D eigenvalue weighted by molar-refractivity contribution is 6.27. The highest BCUT2D eigenvalue weighted by Gasteiger charge is 2.29. The van der Waals surface area contributed by atoms with E-state index >= 15 is 0 Å². The Morgan fingerprint density at radius 3 is 2.47 bits per heavy atom. The molecule has 3 aliphatic rings. The van der Waals surface area contributed by atoms with Gasteiger partial charge in [-0.25, -0.2) is 0 Å². The van der Waals surface area contributed by atoms with Crippen LogP contribution in [0, 0.1) is 6.92 Å². The van der Waals surface area contributed by atoms with E-state index in [1.165, 1.54) is 76.1 Å². The van der Waals surface area contributed by atoms with Gasteiger partial charge in [-0.2, -0.15) is 0 Å². The van der Waals surface area contributed by atoms with Crippen molar-refractivity contribution in [3.8, 4) is 11.1 Å². The lowest BCUT2D eigenvalue weighted by molar-refractivity contribution is 0.927. The SMILES string of the molecule is Cc1c2c(c3c4c1ccc1cc5c6c(ccc(c6c14)C3)C(C)c1ccccc1-5)=CCCC=2. The van der Waals surface area contributed by atoms with Crippen molar-refractivity contribution < 1.29 is 0 Å². The molecule has 32 heavy (non-hydrogen) atoms. The quantitative estimate of drug-likeness (QED) is 0.241. The van der Waals surface area contributed by atoms with Gasteiger partial charge >= 0.3 is 0 Å². The van der Waals surface area contributed by atoms with Crippen molar-refractivity contribution in [1.29, 1.82) is 0 Å². The molecule has 5 aromatic rings. The summed E-state index contributed by atoms with van der Waals surface area (Å²) in [6.45, 7) is 4.71. The van der Waals surface area contributed by atoms with Crippen LogP contribution in [-0.2, 0) is 6.42 Å². The zero-order valence-corrected chi connectivity index (χ0v) is 18.5. The van der Waals surface area contributed by atoms with Gasteiger partial charge in [0.2, 0.25) is 0 Å². The van der Waals surface area contributed by atoms with Crippen molar-refractivity contribution in [2.45, 2.75) is 39.0 Å². The minimum atomic E-state index is 0.430. The fourth-order valence-electron chi connectivity index (χ4n) is 7.08. The molecule has 0 radical (unpaired) electrons. The van der Waals surface area contributed by atoms with Crippen molar-refractivity contribution in [2.75, 3.05) is 0 Å². The van der Waals surface area contributed by atoms with E-state index in [2.05, 4.69) is 80.6 Å². The van der Waals surface area contributed by atoms with Crippen LogP contribution in [0.5, 0.6) is 0 Å². The van der Waals surface area contributed by atoms with Gasteiger partial charge in [-0.05, 0) is 114 Å². The van der Waals surface area contributed by atoms with Gasteiger partial charge in [0.1, 0.15) is 0 Å². The van der Waals surface area contributed by atoms with Gasteiger partial charge in [-0.1, -0.05) is 67.6 Å². The zero-order chi connectivity index (χ0) is 21.1. The number of aryl methyl sites for hydroxylation is 1. The number of hydrogen-bond acceptors (Lipinski definition) is 0. The first-order valence-corrected chi connectivity index (χ1v) is 12.0. The molecule has 0 heteroatoms. The average molecular weight is 409 g/mol. The lowest BCUT2D eigenvalue weighted by Crippen LogP contribution is -2.34. The first-order chi connectivity index (χ1) is 15.7. The van der Waals surface area contributed by atoms with Gasteiger partial charge in [-0.15, -0.1) is 0 Å². The molecule has 0 amide bonds. The van der Waals surface area contributed by atoms with Crippen LogP contribution in [-0.4, -0.2) is 0 Å². The van der Waals surface area contributed by atoms with E-state index in [1.54, 1.807) is 5.56 Å². The first-order valence-electron chi connectivity index (χ1n) is 12.0. The molecule has 0 spiro atoms. The topological polar surface area (TPSA) is 0 Å². The monoisotopic (exact) mass is 408 g/mol. The van der Waals surface area contributed by atoms with Gasteiger partial charge in [-0.3, -0.25) is 0 Å². The summed E-state index contributed by atoms with van der Waals surface area (Å²) in [7, 11) is 0. The third-order valence-corrected chi connectivity index (χ3v) is 8.52. The second kappa shape index (κ2) is 5.70. The van der Waals surface area contributed by atoms with Crippen LogP contribution in [0.1, 0.15) is 53.5 Å². The zero-order valence-electron chi connectivity index (χ0n) is 18.5. The van der Waals surface area contributed by atoms with E-state index in [4.69, 9.17) is 0 Å². The van der Waals surface area contributed by atoms with Crippen LogP contribution < -0.4 is 10.4 Å². The third-order valence-electron chi connectivity index (χ3n) is 8.52. The number of fused-ring (bicyclic) bond motifs is 4. The number of rotatable bonds is 0. The molecule has 1 unspecified atom stereocenters. The minimum Gasteiger partial charge on any atom is -0.0761 e. The van der Waals surface area contributed by atoms with E-state index in [0.29, 0.717) is 5.92 Å². The summed E-state index contributed by atoms with van der Waals surface area (Å²) in [6.07, 6.45) is 8.35. The normalized spacial score (nSPS) is 17.5. The van der Waals surface area contributed by atoms with Crippen LogP contribution >= 0.6 is 0 Å². The fourth-order valence-corrected chi connectivity index (χ4v) is 7.08. The summed E-state index contributed by atoms with van der Waals surface area (Å²) in [5.41, 5.74) is 10.3. The van der Waals surface area contributed by atoms with Crippen molar-refractivity contribution in [1.82, 2.24) is 0 Å². The standard InChI is InChI=1S/C32H24/c1-17-21-7-3-5-9-25(21)27-15-20-12-14-24-18(2)22-8-4-6-10-26(22)28-16-19-11-13-23(17)31(27)29(19)30(20)32(24)28/h3,5,7-15,17H,4,6,16H2,1-2H3. The molecule has 3 aliphatic carbocycles. The maximum atomic E-state index is 2.50. The molecule has 0 heterocycles. The molecular weight excluding hydrogens is 384 g/mol. The molecule has 0 nitrogen and oxygen atoms in total. The molecule has 0 saturated carbocycles. The van der Waals surface area contributed by atoms with E-state index in [-0.39, 0.29) is 0 Å². The Labute approximate surface area is 187 Å². The van der Waals surface area contributed by atoms with Gasteiger partial charge in [0.25, 0.3) is 0 Å². The highest BCUT2D eigenvalue weighted by Crippen LogP contribution is 2.51. The second-order valence-electron chi connectivity index (χ2n) is 9.98. The van der Waals surface area contributed by atoms with Crippen molar-refractivity contribution in [2.24, 2.45) is 0 Å². The molecule has 8 rings (SSSR count). The Morgan fingerprint density at radius 2 is 1.56 bits per heavy atom. The lowest BCUT2D eigenvalue weighted by atomic mass is 9.73.